The highest BCUT2D eigenvalue weighted by Crippen LogP contribution is 2.37. The molecule has 0 bridgehead atoms. The van der Waals surface area contributed by atoms with Crippen molar-refractivity contribution < 1.29 is 0 Å². The van der Waals surface area contributed by atoms with Crippen LogP contribution >= 0.6 is 70.7 Å². The smallest absolute Gasteiger partial charge is 0.0931 e. The summed E-state index contributed by atoms with van der Waals surface area (Å²) in [7, 11) is 0. The highest BCUT2D eigenvalue weighted by atomic mass is 79.9. The Morgan fingerprint density at radius 1 is 1.17 bits per heavy atom. The maximum Gasteiger partial charge on any atom is 0.0931 e. The van der Waals surface area contributed by atoms with Crippen molar-refractivity contribution in [3.8, 4) is 0 Å². The van der Waals surface area contributed by atoms with E-state index in [-0.39, 0.29) is 6.04 Å². The van der Waals surface area contributed by atoms with E-state index in [2.05, 4.69) is 65.4 Å². The van der Waals surface area contributed by atoms with Crippen molar-refractivity contribution in [2.24, 2.45) is 0 Å². The molecule has 1 heterocycles. The molecule has 2 rings (SSSR count). The lowest BCUT2D eigenvalue weighted by Crippen LogP contribution is -2.06. The second-order valence-corrected chi connectivity index (χ2v) is 7.96. The van der Waals surface area contributed by atoms with Crippen molar-refractivity contribution in [2.75, 3.05) is 5.32 Å². The Morgan fingerprint density at radius 2 is 1.78 bits per heavy atom. The Morgan fingerprint density at radius 3 is 2.28 bits per heavy atom. The summed E-state index contributed by atoms with van der Waals surface area (Å²) in [6.45, 7) is 2.11. The van der Waals surface area contributed by atoms with Crippen LogP contribution in [-0.4, -0.2) is 0 Å². The van der Waals surface area contributed by atoms with Gasteiger partial charge in [0.2, 0.25) is 0 Å². The maximum absolute atomic E-state index is 5.96. The molecule has 0 amide bonds. The number of hydrogen-bond acceptors (Lipinski definition) is 2. The predicted octanol–water partition coefficient (Wildman–Crippen LogP) is 6.86. The molecular formula is C12H9Br3ClNS. The van der Waals surface area contributed by atoms with Gasteiger partial charge in [-0.2, -0.15) is 0 Å². The highest BCUT2D eigenvalue weighted by Gasteiger charge is 2.12. The van der Waals surface area contributed by atoms with Crippen LogP contribution in [0.15, 0.2) is 37.0 Å². The van der Waals surface area contributed by atoms with Crippen LogP contribution in [0, 0.1) is 0 Å². The minimum atomic E-state index is 0.197. The maximum atomic E-state index is 5.96. The average molecular weight is 474 g/mol. The van der Waals surface area contributed by atoms with Gasteiger partial charge in [0, 0.05) is 19.5 Å². The van der Waals surface area contributed by atoms with Gasteiger partial charge in [0.05, 0.1) is 10.0 Å². The first-order valence-corrected chi connectivity index (χ1v) is 8.76. The Labute approximate surface area is 140 Å². The molecule has 0 radical (unpaired) electrons. The van der Waals surface area contributed by atoms with Crippen LogP contribution in [0.1, 0.15) is 18.5 Å². The van der Waals surface area contributed by atoms with Gasteiger partial charge in [-0.25, -0.2) is 0 Å². The molecule has 1 N–H and O–H groups in total. The third-order valence-corrected chi connectivity index (χ3v) is 5.27. The second-order valence-electron chi connectivity index (χ2n) is 3.79. The standard InChI is InChI=1S/C12H9Br3ClNS/c1-6(7-2-11(16)18-5-7)17-12-9(14)3-8(13)4-10(12)15/h2-6,17H,1H3. The van der Waals surface area contributed by atoms with Gasteiger partial charge in [-0.05, 0) is 67.9 Å². The van der Waals surface area contributed by atoms with Crippen LogP contribution in [0.25, 0.3) is 0 Å². The van der Waals surface area contributed by atoms with E-state index in [0.717, 1.165) is 23.4 Å². The summed E-state index contributed by atoms with van der Waals surface area (Å²) in [5.74, 6) is 0. The van der Waals surface area contributed by atoms with E-state index in [1.165, 1.54) is 5.56 Å². The van der Waals surface area contributed by atoms with Crippen LogP contribution in [0.3, 0.4) is 0 Å². The second kappa shape index (κ2) is 6.27. The predicted molar refractivity (Wildman–Crippen MR) is 90.9 cm³/mol. The van der Waals surface area contributed by atoms with Gasteiger partial charge in [-0.15, -0.1) is 11.3 Å². The van der Waals surface area contributed by atoms with Crippen LogP contribution in [-0.2, 0) is 0 Å². The molecule has 0 fully saturated rings. The van der Waals surface area contributed by atoms with Crippen molar-refractivity contribution in [2.45, 2.75) is 13.0 Å². The van der Waals surface area contributed by atoms with Crippen molar-refractivity contribution in [3.05, 3.63) is 46.9 Å². The largest absolute Gasteiger partial charge is 0.377 e. The molecule has 1 nitrogen and oxygen atoms in total. The quantitative estimate of drug-likeness (QED) is 0.512. The van der Waals surface area contributed by atoms with E-state index >= 15 is 0 Å². The number of halogens is 4. The first-order chi connectivity index (χ1) is 8.47. The first kappa shape index (κ1) is 14.9. The van der Waals surface area contributed by atoms with Crippen molar-refractivity contribution in [3.63, 3.8) is 0 Å². The molecule has 0 saturated heterocycles. The molecule has 2 aromatic rings. The molecule has 0 aliphatic heterocycles. The zero-order chi connectivity index (χ0) is 13.3. The Balaban J connectivity index is 2.24. The van der Waals surface area contributed by atoms with E-state index in [0.29, 0.717) is 0 Å². The van der Waals surface area contributed by atoms with Crippen LogP contribution in [0.4, 0.5) is 5.69 Å². The third-order valence-electron chi connectivity index (χ3n) is 2.46. The molecule has 1 unspecified atom stereocenters. The van der Waals surface area contributed by atoms with Crippen molar-refractivity contribution in [1.82, 2.24) is 0 Å². The molecule has 1 atom stereocenters. The van der Waals surface area contributed by atoms with Gasteiger partial charge in [0.1, 0.15) is 0 Å². The molecule has 0 aliphatic rings. The van der Waals surface area contributed by atoms with Crippen LogP contribution in [0.5, 0.6) is 0 Å². The number of anilines is 1. The molecule has 1 aromatic heterocycles. The van der Waals surface area contributed by atoms with Gasteiger partial charge >= 0.3 is 0 Å². The molecule has 96 valence electrons. The van der Waals surface area contributed by atoms with Gasteiger partial charge in [-0.3, -0.25) is 0 Å². The Bertz CT molecular complexity index is 547. The number of hydrogen-bond donors (Lipinski definition) is 1. The number of thiophene rings is 1. The molecule has 18 heavy (non-hydrogen) atoms. The summed E-state index contributed by atoms with van der Waals surface area (Å²) in [4.78, 5) is 0. The minimum absolute atomic E-state index is 0.197. The molecular weight excluding hydrogens is 465 g/mol. The van der Waals surface area contributed by atoms with Gasteiger partial charge < -0.3 is 5.32 Å². The van der Waals surface area contributed by atoms with E-state index in [4.69, 9.17) is 11.6 Å². The fourth-order valence-electron chi connectivity index (χ4n) is 1.53. The minimum Gasteiger partial charge on any atom is -0.377 e. The van der Waals surface area contributed by atoms with Gasteiger partial charge in [0.25, 0.3) is 0 Å². The molecule has 0 saturated carbocycles. The van der Waals surface area contributed by atoms with Crippen LogP contribution < -0.4 is 5.32 Å². The van der Waals surface area contributed by atoms with E-state index in [9.17, 15) is 0 Å². The van der Waals surface area contributed by atoms with Gasteiger partial charge in [-0.1, -0.05) is 27.5 Å². The summed E-state index contributed by atoms with van der Waals surface area (Å²) < 4.78 is 3.86. The summed E-state index contributed by atoms with van der Waals surface area (Å²) in [5, 5.41) is 5.54. The average Bonchev–Trinajstić information content (AvgIpc) is 2.70. The molecule has 1 aromatic carbocycles. The molecule has 6 heteroatoms. The summed E-state index contributed by atoms with van der Waals surface area (Å²) >= 11 is 18.1. The summed E-state index contributed by atoms with van der Waals surface area (Å²) in [5.41, 5.74) is 2.22. The zero-order valence-electron chi connectivity index (χ0n) is 9.31. The zero-order valence-corrected chi connectivity index (χ0v) is 15.6. The fourth-order valence-corrected chi connectivity index (χ4v) is 5.00. The Hall–Kier alpha value is 0.450. The fraction of sp³-hybridized carbons (Fsp3) is 0.167. The first-order valence-electron chi connectivity index (χ1n) is 5.12. The third kappa shape index (κ3) is 3.51. The lowest BCUT2D eigenvalue weighted by molar-refractivity contribution is 0.888. The summed E-state index contributed by atoms with van der Waals surface area (Å²) in [6, 6.07) is 6.22. The molecule has 0 aliphatic carbocycles. The lowest BCUT2D eigenvalue weighted by atomic mass is 10.1. The highest BCUT2D eigenvalue weighted by molar-refractivity contribution is 9.11. The number of rotatable bonds is 3. The van der Waals surface area contributed by atoms with E-state index in [1.807, 2.05) is 18.2 Å². The number of benzene rings is 1. The van der Waals surface area contributed by atoms with Crippen molar-refractivity contribution >= 4 is 76.4 Å². The molecule has 0 spiro atoms. The SMILES string of the molecule is CC(Nc1c(Br)cc(Br)cc1Br)c1csc(Cl)c1. The lowest BCUT2D eigenvalue weighted by Gasteiger charge is -2.17. The van der Waals surface area contributed by atoms with Crippen LogP contribution in [0.2, 0.25) is 4.34 Å². The topological polar surface area (TPSA) is 12.0 Å². The van der Waals surface area contributed by atoms with E-state index in [1.54, 1.807) is 11.3 Å². The monoisotopic (exact) mass is 471 g/mol. The normalized spacial score (nSPS) is 12.5. The van der Waals surface area contributed by atoms with Crippen molar-refractivity contribution in [1.29, 1.82) is 0 Å². The number of nitrogens with one attached hydrogen (secondary N) is 1. The Kier molecular flexibility index (Phi) is 5.17. The van der Waals surface area contributed by atoms with Gasteiger partial charge in [0.15, 0.2) is 0 Å². The summed E-state index contributed by atoms with van der Waals surface area (Å²) in [6.07, 6.45) is 0. The van der Waals surface area contributed by atoms with E-state index < -0.39 is 0 Å².